The van der Waals surface area contributed by atoms with Crippen molar-refractivity contribution < 1.29 is 13.2 Å². The molecular formula is C13H14BrF3N4. The first-order valence-corrected chi connectivity index (χ1v) is 7.01. The third-order valence-corrected chi connectivity index (χ3v) is 3.76. The summed E-state index contributed by atoms with van der Waals surface area (Å²) >= 11 is 3.06. The molecule has 0 fully saturated rings. The Bertz CT molecular complexity index is 651. The summed E-state index contributed by atoms with van der Waals surface area (Å²) in [4.78, 5) is 0. The van der Waals surface area contributed by atoms with Crippen molar-refractivity contribution in [1.29, 1.82) is 0 Å². The molecule has 2 rings (SSSR count). The molecule has 0 amide bonds. The Hall–Kier alpha value is -1.41. The molecule has 0 saturated heterocycles. The van der Waals surface area contributed by atoms with E-state index in [1.54, 1.807) is 20.0 Å². The molecule has 8 heteroatoms. The number of hydrogen-bond acceptors (Lipinski definition) is 3. The van der Waals surface area contributed by atoms with Crippen LogP contribution in [-0.4, -0.2) is 22.0 Å². The van der Waals surface area contributed by atoms with Gasteiger partial charge in [-0.3, -0.25) is 0 Å². The number of nitrogens with zero attached hydrogens (tertiary/aromatic N) is 3. The molecule has 1 aromatic carbocycles. The standard InChI is InChI=1S/C13H14BrF3N4/c1-7(18-3)12-8(2)21(20-19-12)11-5-4-9(14)6-10(11)13(15,16)17/h4-7,18H,1-3H3. The minimum atomic E-state index is -4.47. The molecule has 0 bridgehead atoms. The highest BCUT2D eigenvalue weighted by molar-refractivity contribution is 9.10. The third-order valence-electron chi connectivity index (χ3n) is 3.27. The summed E-state index contributed by atoms with van der Waals surface area (Å²) in [6.07, 6.45) is -4.47. The van der Waals surface area contributed by atoms with Gasteiger partial charge in [0.2, 0.25) is 0 Å². The van der Waals surface area contributed by atoms with Crippen molar-refractivity contribution in [3.63, 3.8) is 0 Å². The van der Waals surface area contributed by atoms with Crippen molar-refractivity contribution >= 4 is 15.9 Å². The van der Waals surface area contributed by atoms with Crippen LogP contribution in [0.1, 0.15) is 29.9 Å². The lowest BCUT2D eigenvalue weighted by Gasteiger charge is -2.14. The van der Waals surface area contributed by atoms with E-state index in [4.69, 9.17) is 0 Å². The van der Waals surface area contributed by atoms with Gasteiger partial charge in [0.15, 0.2) is 0 Å². The fraction of sp³-hybridized carbons (Fsp3) is 0.385. The van der Waals surface area contributed by atoms with Crippen LogP contribution >= 0.6 is 15.9 Å². The fourth-order valence-electron chi connectivity index (χ4n) is 2.03. The van der Waals surface area contributed by atoms with Gasteiger partial charge in [-0.25, -0.2) is 4.68 Å². The average Bonchev–Trinajstić information content (AvgIpc) is 2.79. The zero-order valence-corrected chi connectivity index (χ0v) is 13.2. The minimum Gasteiger partial charge on any atom is -0.312 e. The van der Waals surface area contributed by atoms with Crippen molar-refractivity contribution in [3.05, 3.63) is 39.6 Å². The minimum absolute atomic E-state index is 0.0368. The van der Waals surface area contributed by atoms with Crippen molar-refractivity contribution in [3.8, 4) is 5.69 Å². The molecule has 2 aromatic rings. The SMILES string of the molecule is CNC(C)c1nnn(-c2ccc(Br)cc2C(F)(F)F)c1C. The van der Waals surface area contributed by atoms with Crippen molar-refractivity contribution in [2.45, 2.75) is 26.1 Å². The highest BCUT2D eigenvalue weighted by atomic mass is 79.9. The molecule has 21 heavy (non-hydrogen) atoms. The second-order valence-electron chi connectivity index (χ2n) is 4.64. The van der Waals surface area contributed by atoms with Crippen LogP contribution in [0.2, 0.25) is 0 Å². The molecule has 0 aliphatic carbocycles. The number of aromatic nitrogens is 3. The normalized spacial score (nSPS) is 13.5. The van der Waals surface area contributed by atoms with Crippen LogP contribution in [0, 0.1) is 6.92 Å². The summed E-state index contributed by atoms with van der Waals surface area (Å²) in [7, 11) is 1.75. The molecule has 0 radical (unpaired) electrons. The average molecular weight is 363 g/mol. The third kappa shape index (κ3) is 3.11. The van der Waals surface area contributed by atoms with E-state index in [0.717, 1.165) is 6.07 Å². The van der Waals surface area contributed by atoms with Crippen LogP contribution in [0.15, 0.2) is 22.7 Å². The summed E-state index contributed by atoms with van der Waals surface area (Å²) < 4.78 is 41.1. The number of hydrogen-bond donors (Lipinski definition) is 1. The predicted molar refractivity (Wildman–Crippen MR) is 76.3 cm³/mol. The van der Waals surface area contributed by atoms with Crippen LogP contribution in [0.4, 0.5) is 13.2 Å². The van der Waals surface area contributed by atoms with E-state index < -0.39 is 11.7 Å². The first kappa shape index (κ1) is 16.0. The molecule has 1 atom stereocenters. The molecule has 1 aromatic heterocycles. The monoisotopic (exact) mass is 362 g/mol. The number of alkyl halides is 3. The van der Waals surface area contributed by atoms with Crippen molar-refractivity contribution in [1.82, 2.24) is 20.3 Å². The van der Waals surface area contributed by atoms with Gasteiger partial charge in [-0.1, -0.05) is 21.1 Å². The van der Waals surface area contributed by atoms with E-state index in [1.807, 2.05) is 6.92 Å². The first-order chi connectivity index (χ1) is 9.75. The van der Waals surface area contributed by atoms with E-state index >= 15 is 0 Å². The largest absolute Gasteiger partial charge is 0.418 e. The Balaban J connectivity index is 2.60. The van der Waals surface area contributed by atoms with Gasteiger partial charge >= 0.3 is 6.18 Å². The van der Waals surface area contributed by atoms with Gasteiger partial charge in [0.25, 0.3) is 0 Å². The van der Waals surface area contributed by atoms with Gasteiger partial charge in [-0.2, -0.15) is 13.2 Å². The Kier molecular flexibility index (Phi) is 4.38. The van der Waals surface area contributed by atoms with Gasteiger partial charge in [0.05, 0.1) is 23.0 Å². The summed E-state index contributed by atoms with van der Waals surface area (Å²) in [6, 6.07) is 3.87. The summed E-state index contributed by atoms with van der Waals surface area (Å²) in [5, 5.41) is 10.8. The zero-order chi connectivity index (χ0) is 15.8. The van der Waals surface area contributed by atoms with Gasteiger partial charge in [-0.15, -0.1) is 5.10 Å². The Labute approximate surface area is 128 Å². The topological polar surface area (TPSA) is 42.7 Å². The molecule has 0 aliphatic heterocycles. The maximum absolute atomic E-state index is 13.2. The van der Waals surface area contributed by atoms with E-state index in [2.05, 4.69) is 31.6 Å². The highest BCUT2D eigenvalue weighted by Crippen LogP contribution is 2.36. The van der Waals surface area contributed by atoms with E-state index in [0.29, 0.717) is 15.9 Å². The number of nitrogens with one attached hydrogen (secondary N) is 1. The van der Waals surface area contributed by atoms with E-state index in [9.17, 15) is 13.2 Å². The van der Waals surface area contributed by atoms with Crippen LogP contribution in [-0.2, 0) is 6.18 Å². The van der Waals surface area contributed by atoms with Crippen LogP contribution in [0.5, 0.6) is 0 Å². The molecule has 1 heterocycles. The predicted octanol–water partition coefficient (Wildman–Crippen LogP) is 3.64. The van der Waals surface area contributed by atoms with Gasteiger partial charge in [0, 0.05) is 4.47 Å². The number of rotatable bonds is 3. The Morgan fingerprint density at radius 3 is 2.57 bits per heavy atom. The summed E-state index contributed by atoms with van der Waals surface area (Å²) in [6.45, 7) is 3.57. The molecule has 1 unspecified atom stereocenters. The second kappa shape index (κ2) is 5.76. The highest BCUT2D eigenvalue weighted by Gasteiger charge is 2.35. The molecule has 4 nitrogen and oxygen atoms in total. The molecule has 0 spiro atoms. The molecular weight excluding hydrogens is 349 g/mol. The Morgan fingerprint density at radius 1 is 1.33 bits per heavy atom. The van der Waals surface area contributed by atoms with Gasteiger partial charge in [0.1, 0.15) is 5.69 Å². The molecule has 114 valence electrons. The van der Waals surface area contributed by atoms with Gasteiger partial charge in [-0.05, 0) is 39.1 Å². The maximum atomic E-state index is 13.2. The smallest absolute Gasteiger partial charge is 0.312 e. The summed E-state index contributed by atoms with van der Waals surface area (Å²) in [5.74, 6) is 0. The quantitative estimate of drug-likeness (QED) is 0.906. The molecule has 0 aliphatic rings. The molecule has 1 N–H and O–H groups in total. The number of halogens is 4. The number of benzene rings is 1. The van der Waals surface area contributed by atoms with Crippen LogP contribution < -0.4 is 5.32 Å². The fourth-order valence-corrected chi connectivity index (χ4v) is 2.39. The lowest BCUT2D eigenvalue weighted by Crippen LogP contribution is -2.15. The second-order valence-corrected chi connectivity index (χ2v) is 5.56. The van der Waals surface area contributed by atoms with Crippen LogP contribution in [0.3, 0.4) is 0 Å². The first-order valence-electron chi connectivity index (χ1n) is 6.22. The van der Waals surface area contributed by atoms with Crippen molar-refractivity contribution in [2.24, 2.45) is 0 Å². The maximum Gasteiger partial charge on any atom is 0.418 e. The lowest BCUT2D eigenvalue weighted by atomic mass is 10.1. The van der Waals surface area contributed by atoms with E-state index in [1.165, 1.54) is 10.7 Å². The Morgan fingerprint density at radius 2 is 2.00 bits per heavy atom. The van der Waals surface area contributed by atoms with Crippen LogP contribution in [0.25, 0.3) is 5.69 Å². The zero-order valence-electron chi connectivity index (χ0n) is 11.7. The lowest BCUT2D eigenvalue weighted by molar-refractivity contribution is -0.137. The van der Waals surface area contributed by atoms with E-state index in [-0.39, 0.29) is 11.7 Å². The molecule has 0 saturated carbocycles. The summed E-state index contributed by atoms with van der Waals surface area (Å²) in [5.41, 5.74) is 0.400. The van der Waals surface area contributed by atoms with Crippen molar-refractivity contribution in [2.75, 3.05) is 7.05 Å². The van der Waals surface area contributed by atoms with Gasteiger partial charge < -0.3 is 5.32 Å².